The smallest absolute Gasteiger partial charge is 0.364 e. The number of aromatic hydroxyl groups is 1. The molecule has 2 aromatic carbocycles. The molecule has 2 N–H and O–H groups in total. The molecular weight excluding hydrogens is 410 g/mol. The summed E-state index contributed by atoms with van der Waals surface area (Å²) in [5, 5.41) is 18.6. The Morgan fingerprint density at radius 1 is 1.03 bits per heavy atom. The molecule has 0 heterocycles. The first-order chi connectivity index (χ1) is 15.2. The molecule has 4 rings (SSSR count). The maximum absolute atomic E-state index is 15.4. The van der Waals surface area contributed by atoms with Gasteiger partial charge in [0.2, 0.25) is 5.83 Å². The van der Waals surface area contributed by atoms with E-state index in [1.54, 1.807) is 36.4 Å². The third-order valence-electron chi connectivity index (χ3n) is 6.90. The fourth-order valence-corrected chi connectivity index (χ4v) is 5.81. The first kappa shape index (κ1) is 22.3. The molecule has 4 unspecified atom stereocenters. The number of hydrogen-bond acceptors (Lipinski definition) is 2. The lowest BCUT2D eigenvalue weighted by Crippen LogP contribution is -2.32. The van der Waals surface area contributed by atoms with Crippen LogP contribution in [0.4, 0.5) is 8.78 Å². The summed E-state index contributed by atoms with van der Waals surface area (Å²) in [6, 6.07) is 11.1. The molecule has 0 radical (unpaired) electrons. The number of allylic oxidation sites excluding steroid dienone is 1. The second kappa shape index (κ2) is 8.89. The van der Waals surface area contributed by atoms with Crippen LogP contribution in [0.1, 0.15) is 56.2 Å². The quantitative estimate of drug-likeness (QED) is 0.515. The zero-order valence-corrected chi connectivity index (χ0v) is 18.3. The topological polar surface area (TPSA) is 57.5 Å². The molecule has 5 heteroatoms. The largest absolute Gasteiger partial charge is 0.508 e. The second-order valence-electron chi connectivity index (χ2n) is 9.43. The van der Waals surface area contributed by atoms with Crippen molar-refractivity contribution in [1.29, 1.82) is 0 Å². The third kappa shape index (κ3) is 4.47. The minimum absolute atomic E-state index is 0.145. The van der Waals surface area contributed by atoms with E-state index in [2.05, 4.69) is 13.8 Å². The van der Waals surface area contributed by atoms with Crippen LogP contribution in [-0.4, -0.2) is 16.2 Å². The van der Waals surface area contributed by atoms with E-state index in [0.717, 1.165) is 36.5 Å². The molecule has 0 aliphatic heterocycles. The number of phenolic OH excluding ortho intramolecular Hbond substituents is 1. The van der Waals surface area contributed by atoms with E-state index in [9.17, 15) is 14.3 Å². The fourth-order valence-electron chi connectivity index (χ4n) is 5.81. The zero-order chi connectivity index (χ0) is 23.0. The van der Waals surface area contributed by atoms with Gasteiger partial charge in [-0.25, -0.2) is 9.18 Å². The van der Waals surface area contributed by atoms with Crippen molar-refractivity contribution >= 4 is 17.6 Å². The van der Waals surface area contributed by atoms with Crippen molar-refractivity contribution in [3.63, 3.8) is 0 Å². The molecule has 0 spiro atoms. The van der Waals surface area contributed by atoms with Gasteiger partial charge in [-0.15, -0.1) is 0 Å². The summed E-state index contributed by atoms with van der Waals surface area (Å²) in [4.78, 5) is 10.8. The van der Waals surface area contributed by atoms with Crippen molar-refractivity contribution in [2.24, 2.45) is 23.7 Å². The Morgan fingerprint density at radius 2 is 1.75 bits per heavy atom. The molecule has 2 fully saturated rings. The Hall–Kier alpha value is -2.95. The van der Waals surface area contributed by atoms with Crippen LogP contribution in [0.3, 0.4) is 0 Å². The van der Waals surface area contributed by atoms with Crippen molar-refractivity contribution in [2.75, 3.05) is 0 Å². The van der Waals surface area contributed by atoms with E-state index in [0.29, 0.717) is 29.2 Å². The first-order valence-corrected chi connectivity index (χ1v) is 11.2. The average molecular weight is 439 g/mol. The van der Waals surface area contributed by atoms with E-state index in [1.807, 2.05) is 0 Å². The van der Waals surface area contributed by atoms with E-state index in [1.165, 1.54) is 18.1 Å². The number of carboxylic acids is 1. The number of fused-ring (bicyclic) bond motifs is 2. The summed E-state index contributed by atoms with van der Waals surface area (Å²) in [5.41, 5.74) is 3.49. The summed E-state index contributed by atoms with van der Waals surface area (Å²) in [7, 11) is 0. The Bertz CT molecular complexity index is 1080. The summed E-state index contributed by atoms with van der Waals surface area (Å²) in [5.74, 6) is -1.40. The maximum atomic E-state index is 15.4. The first-order valence-electron chi connectivity index (χ1n) is 11.2. The van der Waals surface area contributed by atoms with Crippen molar-refractivity contribution in [2.45, 2.75) is 39.5 Å². The van der Waals surface area contributed by atoms with Crippen LogP contribution in [0.15, 0.2) is 53.9 Å². The van der Waals surface area contributed by atoms with Gasteiger partial charge in [0.1, 0.15) is 11.6 Å². The van der Waals surface area contributed by atoms with Crippen LogP contribution in [0.25, 0.3) is 11.6 Å². The third-order valence-corrected chi connectivity index (χ3v) is 6.90. The molecule has 4 atom stereocenters. The van der Waals surface area contributed by atoms with Gasteiger partial charge in [0.05, 0.1) is 0 Å². The molecular formula is C27H28F2O3. The van der Waals surface area contributed by atoms with Gasteiger partial charge < -0.3 is 10.2 Å². The SMILES string of the molecule is CC1CC2CC(C)/C(=C(\c3ccc(O)cc3)c3ccc(/C=C(\F)C(=O)O)cc3F)C(C1)C2. The van der Waals surface area contributed by atoms with Gasteiger partial charge >= 0.3 is 5.97 Å². The van der Waals surface area contributed by atoms with E-state index in [-0.39, 0.29) is 11.3 Å². The highest BCUT2D eigenvalue weighted by Crippen LogP contribution is 2.51. The number of carboxylic acid groups (broad SMARTS) is 1. The molecule has 0 amide bonds. The minimum atomic E-state index is -1.68. The van der Waals surface area contributed by atoms with Gasteiger partial charge in [0, 0.05) is 5.56 Å². The van der Waals surface area contributed by atoms with Crippen molar-refractivity contribution in [3.05, 3.63) is 76.4 Å². The number of benzene rings is 2. The van der Waals surface area contributed by atoms with Gasteiger partial charge in [0.25, 0.3) is 0 Å². The van der Waals surface area contributed by atoms with E-state index < -0.39 is 17.6 Å². The molecule has 0 saturated heterocycles. The molecule has 3 nitrogen and oxygen atoms in total. The Balaban J connectivity index is 1.88. The summed E-state index contributed by atoms with van der Waals surface area (Å²) < 4.78 is 28.9. The van der Waals surface area contributed by atoms with Gasteiger partial charge in [-0.3, -0.25) is 0 Å². The van der Waals surface area contributed by atoms with Crippen LogP contribution >= 0.6 is 0 Å². The van der Waals surface area contributed by atoms with Gasteiger partial charge in [-0.2, -0.15) is 4.39 Å². The Labute approximate surface area is 187 Å². The molecule has 32 heavy (non-hydrogen) atoms. The van der Waals surface area contributed by atoms with Crippen LogP contribution in [0.2, 0.25) is 0 Å². The van der Waals surface area contributed by atoms with Crippen LogP contribution in [0.5, 0.6) is 5.75 Å². The molecule has 168 valence electrons. The Kier molecular flexibility index (Phi) is 6.18. The predicted molar refractivity (Wildman–Crippen MR) is 121 cm³/mol. The van der Waals surface area contributed by atoms with Gasteiger partial charge in [-0.05, 0) is 90.3 Å². The number of hydrogen-bond donors (Lipinski definition) is 2. The summed E-state index contributed by atoms with van der Waals surface area (Å²) in [6.07, 6.45) is 5.32. The van der Waals surface area contributed by atoms with E-state index in [4.69, 9.17) is 5.11 Å². The number of phenols is 1. The maximum Gasteiger partial charge on any atom is 0.364 e. The number of aliphatic carboxylic acids is 1. The molecule has 2 aliphatic rings. The van der Waals surface area contributed by atoms with E-state index >= 15 is 4.39 Å². The summed E-state index contributed by atoms with van der Waals surface area (Å²) >= 11 is 0. The normalized spacial score (nSPS) is 27.2. The Morgan fingerprint density at radius 3 is 2.41 bits per heavy atom. The second-order valence-corrected chi connectivity index (χ2v) is 9.43. The van der Waals surface area contributed by atoms with Gasteiger partial charge in [-0.1, -0.05) is 43.7 Å². The van der Waals surface area contributed by atoms with Crippen LogP contribution in [0, 0.1) is 29.5 Å². The predicted octanol–water partition coefficient (Wildman–Crippen LogP) is 6.82. The minimum Gasteiger partial charge on any atom is -0.508 e. The zero-order valence-electron chi connectivity index (χ0n) is 18.3. The molecule has 0 aromatic heterocycles. The monoisotopic (exact) mass is 438 g/mol. The highest BCUT2D eigenvalue weighted by molar-refractivity contribution is 5.90. The lowest BCUT2D eigenvalue weighted by Gasteiger charge is -2.44. The highest BCUT2D eigenvalue weighted by Gasteiger charge is 2.38. The highest BCUT2D eigenvalue weighted by atomic mass is 19.1. The molecule has 2 aliphatic carbocycles. The van der Waals surface area contributed by atoms with Crippen LogP contribution < -0.4 is 0 Å². The molecule has 2 bridgehead atoms. The number of halogens is 2. The van der Waals surface area contributed by atoms with Crippen molar-refractivity contribution < 1.29 is 23.8 Å². The lowest BCUT2D eigenvalue weighted by molar-refractivity contribution is -0.134. The van der Waals surface area contributed by atoms with Gasteiger partial charge in [0.15, 0.2) is 0 Å². The number of carbonyl (C=O) groups is 1. The number of rotatable bonds is 4. The fraction of sp³-hybridized carbons (Fsp3) is 0.370. The lowest BCUT2D eigenvalue weighted by atomic mass is 9.61. The van der Waals surface area contributed by atoms with Crippen molar-refractivity contribution in [1.82, 2.24) is 0 Å². The molecule has 2 saturated carbocycles. The molecule has 2 aromatic rings. The van der Waals surface area contributed by atoms with Crippen molar-refractivity contribution in [3.8, 4) is 5.75 Å². The summed E-state index contributed by atoms with van der Waals surface area (Å²) in [6.45, 7) is 4.49. The average Bonchev–Trinajstić information content (AvgIpc) is 2.72. The van der Waals surface area contributed by atoms with Crippen LogP contribution in [-0.2, 0) is 4.79 Å². The standard InChI is InChI=1S/C27H28F2O3/c1-15-9-18-11-16(2)25(20(10-15)12-18)26(19-4-6-21(30)7-5-19)22-8-3-17(13-23(22)28)14-24(29)27(31)32/h3-8,13-16,18,20,30H,9-12H2,1-2H3,(H,31,32)/b24-14-,26-25-.